The Balaban J connectivity index is 1.47. The van der Waals surface area contributed by atoms with E-state index in [1.54, 1.807) is 16.8 Å². The predicted octanol–water partition coefficient (Wildman–Crippen LogP) is 4.47. The fourth-order valence-electron chi connectivity index (χ4n) is 6.99. The van der Waals surface area contributed by atoms with Crippen LogP contribution in [0.5, 0.6) is 6.01 Å². The zero-order valence-corrected chi connectivity index (χ0v) is 24.5. The van der Waals surface area contributed by atoms with E-state index in [0.717, 1.165) is 25.5 Å². The van der Waals surface area contributed by atoms with E-state index in [2.05, 4.69) is 31.0 Å². The highest BCUT2D eigenvalue weighted by Gasteiger charge is 2.49. The lowest BCUT2D eigenvalue weighted by molar-refractivity contribution is -0.137. The van der Waals surface area contributed by atoms with Gasteiger partial charge in [0.2, 0.25) is 0 Å². The van der Waals surface area contributed by atoms with Crippen molar-refractivity contribution < 1.29 is 26.7 Å². The number of likely N-dealkylation sites (N-methyl/N-ethyl adjacent to an activating group) is 1. The summed E-state index contributed by atoms with van der Waals surface area (Å²) in [6.45, 7) is 4.64. The molecule has 2 N–H and O–H groups in total. The van der Waals surface area contributed by atoms with Gasteiger partial charge < -0.3 is 20.3 Å². The summed E-state index contributed by atoms with van der Waals surface area (Å²) in [5.74, 6) is -1.13. The highest BCUT2D eigenvalue weighted by molar-refractivity contribution is 5.92. The van der Waals surface area contributed by atoms with Gasteiger partial charge in [-0.2, -0.15) is 28.4 Å². The average molecular weight is 618 g/mol. The van der Waals surface area contributed by atoms with Gasteiger partial charge in [-0.1, -0.05) is 0 Å². The van der Waals surface area contributed by atoms with Crippen LogP contribution < -0.4 is 15.4 Å². The van der Waals surface area contributed by atoms with Crippen LogP contribution in [0.4, 0.5) is 33.6 Å². The van der Waals surface area contributed by atoms with Crippen molar-refractivity contribution in [3.63, 3.8) is 0 Å². The molecular formula is C29H32F5N9O. The molecule has 3 saturated heterocycles. The number of aryl methyl sites for hydroxylation is 1. The first-order valence-corrected chi connectivity index (χ1v) is 14.4. The second kappa shape index (κ2) is 10.8. The van der Waals surface area contributed by atoms with Gasteiger partial charge >= 0.3 is 12.2 Å². The lowest BCUT2D eigenvalue weighted by Crippen LogP contribution is -2.43. The SMILES string of the molecule is Cc1cc(N)nc(-c2ncc3c(N(C)[C@@H]4C[C@@H](C)N(C#N)C4)nc(OC[C@@]45CCCN4C[C@H](F)C5)nc3c2F)c1C(F)(F)F. The number of hydrogen-bond acceptors (Lipinski definition) is 10. The molecule has 0 unspecified atom stereocenters. The zero-order chi connectivity index (χ0) is 31.6. The van der Waals surface area contributed by atoms with Crippen molar-refractivity contribution in [3.8, 4) is 23.6 Å². The molecule has 0 saturated carbocycles. The van der Waals surface area contributed by atoms with E-state index in [1.807, 2.05) is 6.92 Å². The van der Waals surface area contributed by atoms with E-state index in [1.165, 1.54) is 13.1 Å². The number of alkyl halides is 4. The number of ether oxygens (including phenoxy) is 1. The minimum absolute atomic E-state index is 0.0418. The van der Waals surface area contributed by atoms with Crippen LogP contribution in [-0.2, 0) is 6.18 Å². The summed E-state index contributed by atoms with van der Waals surface area (Å²) in [4.78, 5) is 22.3. The highest BCUT2D eigenvalue weighted by atomic mass is 19.4. The molecule has 3 aliphatic heterocycles. The summed E-state index contributed by atoms with van der Waals surface area (Å²) in [7, 11) is 1.74. The van der Waals surface area contributed by atoms with E-state index in [-0.39, 0.29) is 52.8 Å². The molecule has 3 aromatic heterocycles. The summed E-state index contributed by atoms with van der Waals surface area (Å²) in [6, 6.07) is 0.630. The molecule has 3 aliphatic rings. The van der Waals surface area contributed by atoms with Crippen LogP contribution in [0.15, 0.2) is 12.3 Å². The van der Waals surface area contributed by atoms with Crippen molar-refractivity contribution >= 4 is 22.5 Å². The molecule has 10 nitrogen and oxygen atoms in total. The first-order chi connectivity index (χ1) is 20.8. The third kappa shape index (κ3) is 5.08. The minimum Gasteiger partial charge on any atom is -0.461 e. The van der Waals surface area contributed by atoms with Crippen molar-refractivity contribution in [2.75, 3.05) is 43.9 Å². The Morgan fingerprint density at radius 3 is 2.70 bits per heavy atom. The number of nitrogens with zero attached hydrogens (tertiary/aromatic N) is 8. The second-order valence-electron chi connectivity index (χ2n) is 12.1. The molecule has 15 heteroatoms. The molecule has 6 rings (SSSR count). The van der Waals surface area contributed by atoms with Gasteiger partial charge in [0.25, 0.3) is 0 Å². The number of nitrogen functional groups attached to an aromatic ring is 1. The molecule has 6 heterocycles. The number of nitriles is 1. The molecule has 3 aromatic rings. The quantitative estimate of drug-likeness (QED) is 0.313. The minimum atomic E-state index is -4.86. The Morgan fingerprint density at radius 1 is 1.23 bits per heavy atom. The molecule has 234 valence electrons. The lowest BCUT2D eigenvalue weighted by Gasteiger charge is -2.31. The number of anilines is 2. The third-order valence-electron chi connectivity index (χ3n) is 9.18. The van der Waals surface area contributed by atoms with Crippen LogP contribution in [-0.4, -0.2) is 86.8 Å². The standard InChI is InChI=1S/C29H32F5N9O/c1-15-7-20(36)38-24(21(15)29(32,33)34)25-22(31)23-19(10-37-25)26(41(3)18-8-16(2)42(12-18)14-35)40-27(39-23)44-13-28-5-4-6-43(28)11-17(30)9-28/h7,10,16-18H,4-6,8-9,11-13H2,1-3H3,(H2,36,38)/t16-,17-,18-,28+/m1/s1. The van der Waals surface area contributed by atoms with Gasteiger partial charge in [0, 0.05) is 38.8 Å². The first-order valence-electron chi connectivity index (χ1n) is 14.4. The second-order valence-corrected chi connectivity index (χ2v) is 12.1. The van der Waals surface area contributed by atoms with Gasteiger partial charge in [0.05, 0.1) is 22.5 Å². The predicted molar refractivity (Wildman–Crippen MR) is 152 cm³/mol. The summed E-state index contributed by atoms with van der Waals surface area (Å²) in [5, 5.41) is 9.65. The maximum absolute atomic E-state index is 16.4. The number of halogens is 5. The molecule has 0 amide bonds. The summed E-state index contributed by atoms with van der Waals surface area (Å²) >= 11 is 0. The number of fused-ring (bicyclic) bond motifs is 2. The number of aromatic nitrogens is 4. The van der Waals surface area contributed by atoms with Crippen LogP contribution in [0, 0.1) is 24.2 Å². The Hall–Kier alpha value is -4.06. The van der Waals surface area contributed by atoms with Gasteiger partial charge in [-0.3, -0.25) is 9.88 Å². The zero-order valence-electron chi connectivity index (χ0n) is 24.5. The summed E-state index contributed by atoms with van der Waals surface area (Å²) in [5.41, 5.74) is 2.13. The van der Waals surface area contributed by atoms with Crippen LogP contribution in [0.3, 0.4) is 0 Å². The molecule has 0 spiro atoms. The lowest BCUT2D eigenvalue weighted by atomic mass is 9.95. The van der Waals surface area contributed by atoms with Crippen LogP contribution in [0.25, 0.3) is 22.3 Å². The van der Waals surface area contributed by atoms with Crippen LogP contribution in [0.1, 0.15) is 43.7 Å². The Bertz CT molecular complexity index is 1650. The fourth-order valence-corrected chi connectivity index (χ4v) is 6.99. The molecule has 3 fully saturated rings. The number of likely N-dealkylation sites (tertiary alicyclic amines) is 1. The van der Waals surface area contributed by atoms with E-state index in [4.69, 9.17) is 10.5 Å². The third-order valence-corrected chi connectivity index (χ3v) is 9.18. The molecular weight excluding hydrogens is 585 g/mol. The fraction of sp³-hybridized carbons (Fsp3) is 0.552. The molecule has 0 bridgehead atoms. The smallest absolute Gasteiger partial charge is 0.418 e. The number of pyridine rings is 2. The first kappa shape index (κ1) is 30.0. The Kier molecular flexibility index (Phi) is 7.38. The number of rotatable bonds is 6. The van der Waals surface area contributed by atoms with Gasteiger partial charge in [-0.15, -0.1) is 0 Å². The van der Waals surface area contributed by atoms with Gasteiger partial charge in [0.15, 0.2) is 12.0 Å². The normalized spacial score (nSPS) is 25.4. The van der Waals surface area contributed by atoms with E-state index in [9.17, 15) is 22.8 Å². The number of nitrogens with two attached hydrogens (primary N) is 1. The van der Waals surface area contributed by atoms with E-state index >= 15 is 4.39 Å². The number of hydrogen-bond donors (Lipinski definition) is 1. The van der Waals surface area contributed by atoms with Crippen molar-refractivity contribution in [3.05, 3.63) is 29.2 Å². The molecule has 4 atom stereocenters. The van der Waals surface area contributed by atoms with E-state index < -0.39 is 40.7 Å². The summed E-state index contributed by atoms with van der Waals surface area (Å²) in [6.07, 6.45) is 0.0398. The largest absolute Gasteiger partial charge is 0.461 e. The Morgan fingerprint density at radius 2 is 2.00 bits per heavy atom. The van der Waals surface area contributed by atoms with Crippen molar-refractivity contribution in [1.82, 2.24) is 29.7 Å². The van der Waals surface area contributed by atoms with Crippen LogP contribution in [0.2, 0.25) is 0 Å². The van der Waals surface area contributed by atoms with Gasteiger partial charge in [0.1, 0.15) is 41.3 Å². The van der Waals surface area contributed by atoms with Crippen molar-refractivity contribution in [1.29, 1.82) is 5.26 Å². The van der Waals surface area contributed by atoms with Gasteiger partial charge in [-0.25, -0.2) is 13.8 Å². The van der Waals surface area contributed by atoms with E-state index in [0.29, 0.717) is 25.9 Å². The van der Waals surface area contributed by atoms with Crippen LogP contribution >= 0.6 is 0 Å². The highest BCUT2D eigenvalue weighted by Crippen LogP contribution is 2.42. The monoisotopic (exact) mass is 617 g/mol. The Labute approximate surface area is 250 Å². The topological polar surface area (TPSA) is 120 Å². The summed E-state index contributed by atoms with van der Waals surface area (Å²) < 4.78 is 79.2. The van der Waals surface area contributed by atoms with Crippen molar-refractivity contribution in [2.45, 2.75) is 69.5 Å². The molecule has 0 aromatic carbocycles. The molecule has 0 aliphatic carbocycles. The van der Waals surface area contributed by atoms with Gasteiger partial charge in [-0.05, 0) is 51.3 Å². The van der Waals surface area contributed by atoms with Crippen molar-refractivity contribution in [2.24, 2.45) is 0 Å². The molecule has 44 heavy (non-hydrogen) atoms. The molecule has 0 radical (unpaired) electrons. The maximum Gasteiger partial charge on any atom is 0.418 e. The maximum atomic E-state index is 16.4. The average Bonchev–Trinajstić information content (AvgIpc) is 3.61.